The van der Waals surface area contributed by atoms with Crippen molar-refractivity contribution in [1.29, 1.82) is 0 Å². The normalized spacial score (nSPS) is 14.0. The maximum Gasteiger partial charge on any atom is 0.417 e. The van der Waals surface area contributed by atoms with E-state index in [1.807, 2.05) is 4.90 Å². The van der Waals surface area contributed by atoms with Crippen molar-refractivity contribution in [2.45, 2.75) is 39.7 Å². The van der Waals surface area contributed by atoms with E-state index in [1.165, 1.54) is 18.2 Å². The maximum absolute atomic E-state index is 12.3. The Balaban J connectivity index is 2.27. The molecule has 2 rings (SSSR count). The fourth-order valence-corrected chi connectivity index (χ4v) is 2.31. The van der Waals surface area contributed by atoms with Gasteiger partial charge in [-0.1, -0.05) is 11.6 Å². The van der Waals surface area contributed by atoms with E-state index in [-0.39, 0.29) is 17.6 Å². The number of fused-ring (bicyclic) bond motifs is 1. The Bertz CT molecular complexity index is 600. The average Bonchev–Trinajstić information content (AvgIpc) is 2.74. The maximum atomic E-state index is 12.3. The number of carbonyl (C=O) groups is 2. The van der Waals surface area contributed by atoms with Gasteiger partial charge in [0.15, 0.2) is 11.0 Å². The topological polar surface area (TPSA) is 75.6 Å². The van der Waals surface area contributed by atoms with Gasteiger partial charge in [-0.15, -0.1) is 0 Å². The van der Waals surface area contributed by atoms with Crippen LogP contribution in [0.5, 0.6) is 0 Å². The van der Waals surface area contributed by atoms with Crippen molar-refractivity contribution in [3.8, 4) is 0 Å². The van der Waals surface area contributed by atoms with E-state index >= 15 is 0 Å². The monoisotopic (exact) mass is 326 g/mol. The highest BCUT2D eigenvalue weighted by Gasteiger charge is 2.36. The zero-order valence-corrected chi connectivity index (χ0v) is 13.8. The minimum Gasteiger partial charge on any atom is -0.443 e. The number of hydrogen-bond donors (Lipinski definition) is 0. The van der Waals surface area contributed by atoms with Crippen molar-refractivity contribution in [3.05, 3.63) is 11.5 Å². The summed E-state index contributed by atoms with van der Waals surface area (Å²) in [5.41, 5.74) is -0.0581. The summed E-state index contributed by atoms with van der Waals surface area (Å²) in [6, 6.07) is 0. The number of ketones is 1. The number of aromatic nitrogens is 2. The Hall–Kier alpha value is -1.89. The molecule has 22 heavy (non-hydrogen) atoms. The molecule has 0 fully saturated rings. The van der Waals surface area contributed by atoms with Crippen molar-refractivity contribution in [2.75, 3.05) is 23.0 Å². The molecule has 1 aliphatic heterocycles. The van der Waals surface area contributed by atoms with Crippen LogP contribution in [-0.4, -0.2) is 40.7 Å². The van der Waals surface area contributed by atoms with Crippen molar-refractivity contribution >= 4 is 35.0 Å². The summed E-state index contributed by atoms with van der Waals surface area (Å²) in [6.45, 7) is 7.57. The number of carbonyl (C=O) groups excluding carboxylic acids is 2. The number of halogens is 1. The van der Waals surface area contributed by atoms with Crippen LogP contribution in [0, 0.1) is 0 Å². The quantitative estimate of drug-likeness (QED) is 0.795. The van der Waals surface area contributed by atoms with Crippen LogP contribution in [0.4, 0.5) is 16.3 Å². The Labute approximate surface area is 134 Å². The van der Waals surface area contributed by atoms with Gasteiger partial charge in [0.05, 0.1) is 0 Å². The molecule has 0 bridgehead atoms. The lowest BCUT2D eigenvalue weighted by Crippen LogP contribution is -2.40. The van der Waals surface area contributed by atoms with Gasteiger partial charge in [0.2, 0.25) is 0 Å². The van der Waals surface area contributed by atoms with Gasteiger partial charge >= 0.3 is 6.09 Å². The molecule has 0 saturated heterocycles. The Morgan fingerprint density at radius 1 is 1.36 bits per heavy atom. The molecule has 0 atom stereocenters. The first-order valence-electron chi connectivity index (χ1n) is 6.94. The van der Waals surface area contributed by atoms with E-state index in [1.54, 1.807) is 20.8 Å². The van der Waals surface area contributed by atoms with E-state index in [2.05, 4.69) is 9.97 Å². The van der Waals surface area contributed by atoms with Gasteiger partial charge in [-0.3, -0.25) is 4.79 Å². The summed E-state index contributed by atoms with van der Waals surface area (Å²) in [7, 11) is 0. The highest BCUT2D eigenvalue weighted by Crippen LogP contribution is 2.39. The summed E-state index contributed by atoms with van der Waals surface area (Å²) in [5, 5.41) is 0.250. The van der Waals surface area contributed by atoms with E-state index in [0.717, 1.165) is 0 Å². The molecule has 0 N–H and O–H groups in total. The second kappa shape index (κ2) is 6.08. The van der Waals surface area contributed by atoms with E-state index in [9.17, 15) is 9.59 Å². The fraction of sp³-hybridized carbons (Fsp3) is 0.571. The molecule has 0 aromatic carbocycles. The third-order valence-corrected chi connectivity index (χ3v) is 3.27. The summed E-state index contributed by atoms with van der Waals surface area (Å²) >= 11 is 6.13. The highest BCUT2D eigenvalue weighted by atomic mass is 35.5. The van der Waals surface area contributed by atoms with Crippen LogP contribution < -0.4 is 9.80 Å². The van der Waals surface area contributed by atoms with Crippen molar-refractivity contribution in [1.82, 2.24) is 9.97 Å². The summed E-state index contributed by atoms with van der Waals surface area (Å²) in [5.74, 6) is 0.461. The summed E-state index contributed by atoms with van der Waals surface area (Å²) < 4.78 is 5.38. The van der Waals surface area contributed by atoms with Crippen LogP contribution in [0.15, 0.2) is 6.33 Å². The van der Waals surface area contributed by atoms with E-state index in [0.29, 0.717) is 24.5 Å². The van der Waals surface area contributed by atoms with Crippen molar-refractivity contribution < 1.29 is 14.3 Å². The van der Waals surface area contributed by atoms with Crippen LogP contribution in [0.2, 0.25) is 5.15 Å². The SMILES string of the molecule is CC(=O)CCN1CN(C(=O)OC(C)(C)C)c2ncnc(Cl)c21. The van der Waals surface area contributed by atoms with Gasteiger partial charge in [0.25, 0.3) is 0 Å². The highest BCUT2D eigenvalue weighted by molar-refractivity contribution is 6.33. The minimum absolute atomic E-state index is 0.0604. The lowest BCUT2D eigenvalue weighted by Gasteiger charge is -2.24. The molecule has 2 heterocycles. The van der Waals surface area contributed by atoms with Gasteiger partial charge in [0, 0.05) is 13.0 Å². The van der Waals surface area contributed by atoms with Crippen LogP contribution in [0.1, 0.15) is 34.1 Å². The number of rotatable bonds is 3. The number of hydrogen-bond acceptors (Lipinski definition) is 6. The van der Waals surface area contributed by atoms with E-state index < -0.39 is 11.7 Å². The summed E-state index contributed by atoms with van der Waals surface area (Å²) in [4.78, 5) is 34.8. The predicted molar refractivity (Wildman–Crippen MR) is 83.3 cm³/mol. The zero-order chi connectivity index (χ0) is 16.5. The number of anilines is 2. The minimum atomic E-state index is -0.610. The van der Waals surface area contributed by atoms with Crippen LogP contribution in [0.25, 0.3) is 0 Å². The Morgan fingerprint density at radius 3 is 2.64 bits per heavy atom. The van der Waals surface area contributed by atoms with Gasteiger partial charge in [-0.2, -0.15) is 0 Å². The molecule has 0 saturated carbocycles. The molecule has 0 unspecified atom stereocenters. The molecular weight excluding hydrogens is 308 g/mol. The molecule has 120 valence electrons. The number of amides is 1. The standard InChI is InChI=1S/C14H19ClN4O3/c1-9(20)5-6-18-8-19(13(21)22-14(2,3)4)12-10(18)11(15)16-7-17-12/h7H,5-6,8H2,1-4H3. The molecule has 7 nitrogen and oxygen atoms in total. The molecule has 1 amide bonds. The molecule has 8 heteroatoms. The number of nitrogens with zero attached hydrogens (tertiary/aromatic N) is 4. The smallest absolute Gasteiger partial charge is 0.417 e. The third-order valence-electron chi connectivity index (χ3n) is 2.99. The Kier molecular flexibility index (Phi) is 4.55. The number of ether oxygens (including phenoxy) is 1. The molecule has 1 aromatic rings. The average molecular weight is 327 g/mol. The first kappa shape index (κ1) is 16.5. The second-order valence-corrected chi connectivity index (χ2v) is 6.46. The largest absolute Gasteiger partial charge is 0.443 e. The van der Waals surface area contributed by atoms with Crippen molar-refractivity contribution in [3.63, 3.8) is 0 Å². The van der Waals surface area contributed by atoms with Gasteiger partial charge in [0.1, 0.15) is 30.1 Å². The molecule has 1 aromatic heterocycles. The number of Topliss-reactive ketones (excluding diaryl/α,β-unsaturated/α-hetero) is 1. The molecular formula is C14H19ClN4O3. The predicted octanol–water partition coefficient (Wildman–Crippen LogP) is 2.63. The van der Waals surface area contributed by atoms with Crippen LogP contribution >= 0.6 is 11.6 Å². The summed E-state index contributed by atoms with van der Waals surface area (Å²) in [6.07, 6.45) is 1.15. The lowest BCUT2D eigenvalue weighted by molar-refractivity contribution is -0.116. The third kappa shape index (κ3) is 3.65. The van der Waals surface area contributed by atoms with Gasteiger partial charge < -0.3 is 9.64 Å². The van der Waals surface area contributed by atoms with Gasteiger partial charge in [-0.25, -0.2) is 19.7 Å². The second-order valence-electron chi connectivity index (χ2n) is 6.10. The van der Waals surface area contributed by atoms with Crippen molar-refractivity contribution in [2.24, 2.45) is 0 Å². The first-order chi connectivity index (χ1) is 10.2. The molecule has 0 spiro atoms. The fourth-order valence-electron chi connectivity index (χ4n) is 2.06. The van der Waals surface area contributed by atoms with Gasteiger partial charge in [-0.05, 0) is 27.7 Å². The first-order valence-corrected chi connectivity index (χ1v) is 7.32. The molecule has 1 aliphatic rings. The van der Waals surface area contributed by atoms with E-state index in [4.69, 9.17) is 16.3 Å². The molecule has 0 radical (unpaired) electrons. The van der Waals surface area contributed by atoms with Crippen LogP contribution in [0.3, 0.4) is 0 Å². The Morgan fingerprint density at radius 2 is 2.05 bits per heavy atom. The lowest BCUT2D eigenvalue weighted by atomic mass is 10.2. The van der Waals surface area contributed by atoms with Crippen LogP contribution in [-0.2, 0) is 9.53 Å². The molecule has 0 aliphatic carbocycles. The zero-order valence-electron chi connectivity index (χ0n) is 13.1.